The molecule has 1 aromatic heterocycles. The van der Waals surface area contributed by atoms with E-state index in [1.165, 1.54) is 39.9 Å². The van der Waals surface area contributed by atoms with Crippen molar-refractivity contribution in [2.45, 2.75) is 205 Å². The standard InChI is InChI=1S/C53H82N5O15/c1-15-41-53(11,65)46(61)31(4)44(60)29(2)24-52(10,67-14)48(32(5)45(33(6)49(63)71-41)72-43-25-51(9,66-13)47(62)35(8)69-43)73-42-23-39(22-30(3)68-42)56(12)21-20-37-26-57(55-54-37)27-40-28-58(50(64)70-40)38-18-16-36(17-19-38)34(7)59/h16-19,26,29-33,35,39-43,45-48,62,65H,15,20-25,27-28H2,1-14H3/q-1/t29-,30-,31+,32+,33-,35+,39+,40+,41-,42+,43+,45+,46-,47+,48-,51-,52-,53-/m1/s1. The summed E-state index contributed by atoms with van der Waals surface area (Å²) < 4.78 is 52.4. The van der Waals surface area contributed by atoms with Gasteiger partial charge in [-0.15, -0.1) is 5.10 Å². The number of carbonyl (C=O) groups excluding carboxylic acids is 4. The molecule has 0 spiro atoms. The number of aromatic nitrogens is 3. The average molecular weight is 1030 g/mol. The van der Waals surface area contributed by atoms with E-state index in [0.29, 0.717) is 50.1 Å². The zero-order valence-electron chi connectivity index (χ0n) is 45.3. The zero-order valence-corrected chi connectivity index (χ0v) is 45.3. The maximum Gasteiger partial charge on any atom is 0.414 e. The van der Waals surface area contributed by atoms with Crippen LogP contribution in [0.3, 0.4) is 0 Å². The number of ketones is 2. The Labute approximate surface area is 430 Å². The van der Waals surface area contributed by atoms with Crippen molar-refractivity contribution < 1.29 is 72.4 Å². The molecule has 0 radical (unpaired) electrons. The molecule has 1 amide bonds. The van der Waals surface area contributed by atoms with Crippen molar-refractivity contribution in [3.05, 3.63) is 41.7 Å². The lowest BCUT2D eigenvalue weighted by Crippen LogP contribution is -2.62. The number of ether oxygens (including phenoxy) is 8. The van der Waals surface area contributed by atoms with Gasteiger partial charge < -0.3 is 58.1 Å². The number of aliphatic hydroxyl groups excluding tert-OH is 1. The second-order valence-corrected chi connectivity index (χ2v) is 21.9. The lowest BCUT2D eigenvalue weighted by Gasteiger charge is -2.50. The Hall–Kier alpha value is -3.96. The van der Waals surface area contributed by atoms with E-state index in [1.807, 2.05) is 34.0 Å². The summed E-state index contributed by atoms with van der Waals surface area (Å²) in [5.41, 5.74) is -2.44. The van der Waals surface area contributed by atoms with Crippen LogP contribution < -0.4 is 10.0 Å². The highest BCUT2D eigenvalue weighted by Gasteiger charge is 2.52. The Morgan fingerprint density at radius 1 is 0.918 bits per heavy atom. The van der Waals surface area contributed by atoms with E-state index >= 15 is 0 Å². The summed E-state index contributed by atoms with van der Waals surface area (Å²) in [6, 6.07) is 6.83. The molecule has 20 nitrogen and oxygen atoms in total. The van der Waals surface area contributed by atoms with Crippen molar-refractivity contribution in [3.63, 3.8) is 0 Å². The summed E-state index contributed by atoms with van der Waals surface area (Å²) in [7, 11) is 5.08. The largest absolute Gasteiger partial charge is 0.849 e. The molecule has 18 atom stereocenters. The molecule has 4 aliphatic heterocycles. The Balaban J connectivity index is 1.22. The Morgan fingerprint density at radius 2 is 1.59 bits per heavy atom. The molecule has 6 rings (SSSR count). The first-order valence-electron chi connectivity index (χ1n) is 26.0. The van der Waals surface area contributed by atoms with Gasteiger partial charge >= 0.3 is 12.1 Å². The number of amides is 1. The highest BCUT2D eigenvalue weighted by atomic mass is 16.7. The molecule has 2 aromatic rings. The van der Waals surface area contributed by atoms with Gasteiger partial charge in [0.25, 0.3) is 0 Å². The van der Waals surface area contributed by atoms with Crippen LogP contribution in [0.2, 0.25) is 0 Å². The first-order chi connectivity index (χ1) is 34.2. The first kappa shape index (κ1) is 58.3. The summed E-state index contributed by atoms with van der Waals surface area (Å²) in [6.07, 6.45) is -5.67. The second-order valence-electron chi connectivity index (χ2n) is 21.9. The van der Waals surface area contributed by atoms with Gasteiger partial charge in [0.05, 0.1) is 65.9 Å². The summed E-state index contributed by atoms with van der Waals surface area (Å²) in [5, 5.41) is 45.6. The van der Waals surface area contributed by atoms with Crippen molar-refractivity contribution >= 4 is 29.3 Å². The van der Waals surface area contributed by atoms with E-state index in [1.54, 1.807) is 63.6 Å². The number of aliphatic hydroxyl groups is 2. The van der Waals surface area contributed by atoms with Gasteiger partial charge in [-0.1, -0.05) is 39.0 Å². The van der Waals surface area contributed by atoms with Gasteiger partial charge in [0.2, 0.25) is 0 Å². The number of esters is 1. The van der Waals surface area contributed by atoms with E-state index in [-0.39, 0.29) is 43.0 Å². The molecule has 0 aliphatic carbocycles. The monoisotopic (exact) mass is 1030 g/mol. The lowest BCUT2D eigenvalue weighted by molar-refractivity contribution is -0.467. The highest BCUT2D eigenvalue weighted by molar-refractivity contribution is 5.95. The number of cyclic esters (lactones) is 2. The molecule has 2 N–H and O–H groups in total. The van der Waals surface area contributed by atoms with Crippen molar-refractivity contribution in [2.75, 3.05) is 39.3 Å². The van der Waals surface area contributed by atoms with Gasteiger partial charge in [0.15, 0.2) is 18.4 Å². The molecule has 0 unspecified atom stereocenters. The molecule has 5 heterocycles. The Bertz CT molecular complexity index is 2190. The number of hydrogen-bond donors (Lipinski definition) is 2. The molecule has 0 saturated carbocycles. The molecule has 4 saturated heterocycles. The summed E-state index contributed by atoms with van der Waals surface area (Å²) in [5.74, 6) is -4.77. The van der Waals surface area contributed by atoms with Crippen LogP contribution in [0.1, 0.15) is 124 Å². The van der Waals surface area contributed by atoms with Gasteiger partial charge in [-0.05, 0) is 99.0 Å². The van der Waals surface area contributed by atoms with Crippen LogP contribution >= 0.6 is 0 Å². The predicted octanol–water partition coefficient (Wildman–Crippen LogP) is 4.27. The van der Waals surface area contributed by atoms with Gasteiger partial charge in [0.1, 0.15) is 24.1 Å². The third-order valence-electron chi connectivity index (χ3n) is 16.2. The van der Waals surface area contributed by atoms with Crippen molar-refractivity contribution in [1.82, 2.24) is 19.9 Å². The Morgan fingerprint density at radius 3 is 2.22 bits per heavy atom. The number of rotatable bonds is 15. The summed E-state index contributed by atoms with van der Waals surface area (Å²) >= 11 is 0. The molecule has 73 heavy (non-hydrogen) atoms. The van der Waals surface area contributed by atoms with Gasteiger partial charge in [-0.2, -0.15) is 0 Å². The smallest absolute Gasteiger partial charge is 0.414 e. The molecule has 1 aromatic carbocycles. The van der Waals surface area contributed by atoms with Crippen LogP contribution in [-0.4, -0.2) is 172 Å². The van der Waals surface area contributed by atoms with E-state index < -0.39 is 108 Å². The number of carbonyl (C=O) groups is 4. The van der Waals surface area contributed by atoms with Crippen LogP contribution in [-0.2, 0) is 60.4 Å². The number of anilines is 1. The van der Waals surface area contributed by atoms with Gasteiger partial charge in [-0.25, -0.2) is 9.48 Å². The predicted molar refractivity (Wildman–Crippen MR) is 264 cm³/mol. The SMILES string of the molecule is CC[C@H]1OC(=O)[C@H](C)[C@@H](O[C@H]2C[C@@](C)(OC)[C@@H](O)[C@H](C)O2)[C@H](C)[C@@H](O[C@H]2C[C@@H](N(C)CCc3cn(C[C@H]4CN(c5ccc(C(C)=O)cc5)C(=O)O4)nn3)C[C@@H](C)O2)[C@](C)(OC)C[C@@H](C)C(=O)[C@H](C)[C@@H]([O-])[C@]1(C)O. The number of nitrogens with zero attached hydrogens (tertiary/aromatic N) is 5. The van der Waals surface area contributed by atoms with Gasteiger partial charge in [-0.3, -0.25) is 19.3 Å². The molecule has 4 aliphatic rings. The molecule has 4 fully saturated rings. The fourth-order valence-corrected chi connectivity index (χ4v) is 11.4. The third-order valence-corrected chi connectivity index (χ3v) is 16.2. The molecule has 0 bridgehead atoms. The summed E-state index contributed by atoms with van der Waals surface area (Å²) in [6.45, 7) is 19.9. The quantitative estimate of drug-likeness (QED) is 0.187. The van der Waals surface area contributed by atoms with Crippen molar-refractivity contribution in [2.24, 2.45) is 23.7 Å². The average Bonchev–Trinajstić information content (AvgIpc) is 3.97. The van der Waals surface area contributed by atoms with E-state index in [2.05, 4.69) is 15.2 Å². The fraction of sp³-hybridized carbons (Fsp3) is 0.774. The van der Waals surface area contributed by atoms with E-state index in [9.17, 15) is 34.5 Å². The first-order valence-corrected chi connectivity index (χ1v) is 26.0. The normalized spacial score (nSPS) is 39.3. The molecule has 410 valence electrons. The number of hydrogen-bond acceptors (Lipinski definition) is 18. The molecular weight excluding hydrogens is 947 g/mol. The zero-order chi connectivity index (χ0) is 53.9. The van der Waals surface area contributed by atoms with Crippen LogP contribution in [0.4, 0.5) is 10.5 Å². The second kappa shape index (κ2) is 23.9. The topological polar surface area (TPSA) is 243 Å². The fourth-order valence-electron chi connectivity index (χ4n) is 11.4. The number of methoxy groups -OCH3 is 2. The summed E-state index contributed by atoms with van der Waals surface area (Å²) in [4.78, 5) is 57.0. The Kier molecular flexibility index (Phi) is 19.1. The van der Waals surface area contributed by atoms with Crippen molar-refractivity contribution in [3.8, 4) is 0 Å². The third kappa shape index (κ3) is 13.2. The number of Topliss-reactive ketones (excluding diaryl/α,β-unsaturated/α-hetero) is 2. The number of benzene rings is 1. The maximum absolute atomic E-state index is 14.4. The van der Waals surface area contributed by atoms with Crippen LogP contribution in [0.25, 0.3) is 0 Å². The van der Waals surface area contributed by atoms with Gasteiger partial charge in [0, 0.05) is 81.3 Å². The highest BCUT2D eigenvalue weighted by Crippen LogP contribution is 2.42. The lowest BCUT2D eigenvalue weighted by atomic mass is 9.74. The minimum absolute atomic E-state index is 0.00913. The minimum atomic E-state index is -2.10. The van der Waals surface area contributed by atoms with Crippen LogP contribution in [0.5, 0.6) is 0 Å². The number of likely N-dealkylation sites (N-methyl/N-ethyl adjacent to an activating group) is 1. The van der Waals surface area contributed by atoms with E-state index in [4.69, 9.17) is 37.9 Å². The van der Waals surface area contributed by atoms with Crippen LogP contribution in [0.15, 0.2) is 30.5 Å². The van der Waals surface area contributed by atoms with E-state index in [0.717, 1.165) is 5.69 Å². The maximum atomic E-state index is 14.4. The molecular formula is C53H82N5O15-. The van der Waals surface area contributed by atoms with Crippen LogP contribution in [0, 0.1) is 23.7 Å². The minimum Gasteiger partial charge on any atom is -0.849 e. The molecule has 20 heteroatoms. The van der Waals surface area contributed by atoms with Crippen molar-refractivity contribution in [1.29, 1.82) is 0 Å².